The summed E-state index contributed by atoms with van der Waals surface area (Å²) in [5, 5.41) is 10.3. The minimum atomic E-state index is -0.148. The third kappa shape index (κ3) is 1.70. The fourth-order valence-corrected chi connectivity index (χ4v) is 1.14. The summed E-state index contributed by atoms with van der Waals surface area (Å²) in [7, 11) is 0. The quantitative estimate of drug-likeness (QED) is 0.854. The second-order valence-electron chi connectivity index (χ2n) is 4.63. The van der Waals surface area contributed by atoms with Crippen LogP contribution < -0.4 is 0 Å². The molecule has 0 unspecified atom stereocenters. The van der Waals surface area contributed by atoms with E-state index in [1.54, 1.807) is 0 Å². The molecule has 0 aliphatic rings. The summed E-state index contributed by atoms with van der Waals surface area (Å²) in [6, 6.07) is 0. The topological polar surface area (TPSA) is 80.5 Å². The van der Waals surface area contributed by atoms with Crippen molar-refractivity contribution < 1.29 is 4.52 Å². The van der Waals surface area contributed by atoms with Gasteiger partial charge in [0, 0.05) is 5.41 Å². The zero-order valence-electron chi connectivity index (χ0n) is 9.85. The molecule has 0 bridgehead atoms. The van der Waals surface area contributed by atoms with Crippen molar-refractivity contribution in [1.82, 2.24) is 25.3 Å². The Morgan fingerprint density at radius 1 is 1.38 bits per heavy atom. The fourth-order valence-electron chi connectivity index (χ4n) is 1.14. The van der Waals surface area contributed by atoms with E-state index in [9.17, 15) is 0 Å². The lowest BCUT2D eigenvalue weighted by Gasteiger charge is -2.23. The van der Waals surface area contributed by atoms with Gasteiger partial charge >= 0.3 is 0 Å². The Morgan fingerprint density at radius 2 is 2.12 bits per heavy atom. The van der Waals surface area contributed by atoms with Gasteiger partial charge in [0.25, 0.3) is 0 Å². The molecular formula is C10H15N5O. The van der Waals surface area contributed by atoms with Crippen LogP contribution in [0.25, 0.3) is 11.6 Å². The molecule has 0 spiro atoms. The van der Waals surface area contributed by atoms with Crippen LogP contribution in [0.3, 0.4) is 0 Å². The summed E-state index contributed by atoms with van der Waals surface area (Å²) >= 11 is 0. The van der Waals surface area contributed by atoms with Crippen molar-refractivity contribution in [3.63, 3.8) is 0 Å². The van der Waals surface area contributed by atoms with E-state index in [1.807, 2.05) is 0 Å². The van der Waals surface area contributed by atoms with Gasteiger partial charge in [-0.1, -0.05) is 32.9 Å². The largest absolute Gasteiger partial charge is 0.338 e. The number of aromatic amines is 1. The summed E-state index contributed by atoms with van der Waals surface area (Å²) in [6.07, 6.45) is 1.42. The van der Waals surface area contributed by atoms with Gasteiger partial charge in [-0.25, -0.2) is 4.98 Å². The smallest absolute Gasteiger partial charge is 0.239 e. The second-order valence-corrected chi connectivity index (χ2v) is 4.63. The summed E-state index contributed by atoms with van der Waals surface area (Å²) in [5.41, 5.74) is -0.148. The molecular weight excluding hydrogens is 206 g/mol. The van der Waals surface area contributed by atoms with Crippen molar-refractivity contribution >= 4 is 0 Å². The first-order chi connectivity index (χ1) is 7.51. The highest BCUT2D eigenvalue weighted by Crippen LogP contribution is 2.30. The van der Waals surface area contributed by atoms with Crippen LogP contribution in [0.2, 0.25) is 0 Å². The third-order valence-corrected chi connectivity index (χ3v) is 3.05. The van der Waals surface area contributed by atoms with E-state index in [0.29, 0.717) is 23.5 Å². The molecule has 6 nitrogen and oxygen atoms in total. The van der Waals surface area contributed by atoms with Gasteiger partial charge in [-0.15, -0.1) is 0 Å². The molecule has 0 saturated carbocycles. The number of nitrogens with zero attached hydrogens (tertiary/aromatic N) is 4. The molecule has 0 amide bonds. The Bertz CT molecular complexity index is 457. The van der Waals surface area contributed by atoms with Crippen LogP contribution >= 0.6 is 0 Å². The van der Waals surface area contributed by atoms with Crippen molar-refractivity contribution in [1.29, 1.82) is 0 Å². The molecule has 16 heavy (non-hydrogen) atoms. The number of H-pyrrole nitrogens is 1. The Balaban J connectivity index is 2.33. The van der Waals surface area contributed by atoms with Gasteiger partial charge in [-0.3, -0.25) is 5.10 Å². The number of aromatic nitrogens is 5. The highest BCUT2D eigenvalue weighted by molar-refractivity contribution is 5.40. The second kappa shape index (κ2) is 3.70. The zero-order chi connectivity index (χ0) is 11.8. The van der Waals surface area contributed by atoms with Crippen LogP contribution in [0.15, 0.2) is 10.9 Å². The molecule has 2 aromatic rings. The Morgan fingerprint density at radius 3 is 2.69 bits per heavy atom. The van der Waals surface area contributed by atoms with E-state index >= 15 is 0 Å². The van der Waals surface area contributed by atoms with Crippen LogP contribution in [0.1, 0.15) is 33.6 Å². The molecule has 86 valence electrons. The zero-order valence-corrected chi connectivity index (χ0v) is 9.85. The number of nitrogens with one attached hydrogen (secondary N) is 1. The van der Waals surface area contributed by atoms with Crippen LogP contribution in [0.5, 0.6) is 0 Å². The molecule has 0 aromatic carbocycles. The summed E-state index contributed by atoms with van der Waals surface area (Å²) < 4.78 is 5.27. The van der Waals surface area contributed by atoms with Gasteiger partial charge in [0.15, 0.2) is 5.82 Å². The maximum atomic E-state index is 5.27. The lowest BCUT2D eigenvalue weighted by Crippen LogP contribution is -2.24. The molecule has 0 saturated heterocycles. The van der Waals surface area contributed by atoms with Gasteiger partial charge in [0.1, 0.15) is 6.33 Å². The first kappa shape index (κ1) is 10.8. The highest BCUT2D eigenvalue weighted by atomic mass is 16.5. The Hall–Kier alpha value is -1.72. The van der Waals surface area contributed by atoms with E-state index in [0.717, 1.165) is 0 Å². The standard InChI is InChI=1S/C10H15N5O/c1-6(2)10(3,4)9-13-8(15-16-9)7-11-5-12-14-7/h5-6H,1-4H3,(H,11,12,14). The van der Waals surface area contributed by atoms with Gasteiger partial charge in [-0.05, 0) is 5.92 Å². The van der Waals surface area contributed by atoms with Crippen molar-refractivity contribution in [2.24, 2.45) is 5.92 Å². The molecule has 1 N–H and O–H groups in total. The maximum Gasteiger partial charge on any atom is 0.239 e. The summed E-state index contributed by atoms with van der Waals surface area (Å²) in [4.78, 5) is 8.31. The van der Waals surface area contributed by atoms with E-state index in [-0.39, 0.29) is 5.41 Å². The normalized spacial score (nSPS) is 12.3. The Kier molecular flexibility index (Phi) is 2.49. The predicted molar refractivity (Wildman–Crippen MR) is 57.5 cm³/mol. The van der Waals surface area contributed by atoms with E-state index in [1.165, 1.54) is 6.33 Å². The summed E-state index contributed by atoms with van der Waals surface area (Å²) in [5.74, 6) is 2.00. The summed E-state index contributed by atoms with van der Waals surface area (Å²) in [6.45, 7) is 8.40. The average molecular weight is 221 g/mol. The van der Waals surface area contributed by atoms with Gasteiger partial charge < -0.3 is 4.52 Å². The molecule has 2 heterocycles. The average Bonchev–Trinajstić information content (AvgIpc) is 2.88. The van der Waals surface area contributed by atoms with Crippen LogP contribution in [-0.4, -0.2) is 25.3 Å². The fraction of sp³-hybridized carbons (Fsp3) is 0.600. The molecule has 0 aliphatic carbocycles. The minimum absolute atomic E-state index is 0.148. The third-order valence-electron chi connectivity index (χ3n) is 3.05. The van der Waals surface area contributed by atoms with Crippen LogP contribution in [-0.2, 0) is 5.41 Å². The van der Waals surface area contributed by atoms with Crippen molar-refractivity contribution in [2.45, 2.75) is 33.1 Å². The van der Waals surface area contributed by atoms with Crippen molar-refractivity contribution in [3.8, 4) is 11.6 Å². The first-order valence-corrected chi connectivity index (χ1v) is 5.21. The van der Waals surface area contributed by atoms with Crippen LogP contribution in [0.4, 0.5) is 0 Å². The van der Waals surface area contributed by atoms with Gasteiger partial charge in [0.05, 0.1) is 0 Å². The molecule has 0 aliphatic heterocycles. The van der Waals surface area contributed by atoms with E-state index in [2.05, 4.69) is 53.0 Å². The lowest BCUT2D eigenvalue weighted by atomic mass is 9.81. The maximum absolute atomic E-state index is 5.27. The number of hydrogen-bond acceptors (Lipinski definition) is 5. The molecule has 0 radical (unpaired) electrons. The monoisotopic (exact) mass is 221 g/mol. The van der Waals surface area contributed by atoms with Crippen LogP contribution in [0, 0.1) is 5.92 Å². The van der Waals surface area contributed by atoms with E-state index < -0.39 is 0 Å². The van der Waals surface area contributed by atoms with E-state index in [4.69, 9.17) is 4.52 Å². The molecule has 6 heteroatoms. The Labute approximate surface area is 93.5 Å². The van der Waals surface area contributed by atoms with Gasteiger partial charge in [0.2, 0.25) is 11.7 Å². The molecule has 0 atom stereocenters. The van der Waals surface area contributed by atoms with Crippen molar-refractivity contribution in [2.75, 3.05) is 0 Å². The first-order valence-electron chi connectivity index (χ1n) is 5.21. The molecule has 2 rings (SSSR count). The highest BCUT2D eigenvalue weighted by Gasteiger charge is 2.31. The minimum Gasteiger partial charge on any atom is -0.338 e. The molecule has 0 fully saturated rings. The lowest BCUT2D eigenvalue weighted by molar-refractivity contribution is 0.254. The predicted octanol–water partition coefficient (Wildman–Crippen LogP) is 1.79. The molecule has 2 aromatic heterocycles. The number of rotatable bonds is 3. The van der Waals surface area contributed by atoms with Gasteiger partial charge in [-0.2, -0.15) is 10.1 Å². The number of hydrogen-bond donors (Lipinski definition) is 1. The van der Waals surface area contributed by atoms with Crippen molar-refractivity contribution in [3.05, 3.63) is 12.2 Å². The SMILES string of the molecule is CC(C)C(C)(C)c1nc(-c2ncn[nH]2)no1.